The molecule has 1 saturated heterocycles. The molecule has 1 aliphatic heterocycles. The van der Waals surface area contributed by atoms with Crippen molar-refractivity contribution in [3.8, 4) is 0 Å². The lowest BCUT2D eigenvalue weighted by Crippen LogP contribution is -2.20. The van der Waals surface area contributed by atoms with E-state index in [1.807, 2.05) is 0 Å². The summed E-state index contributed by atoms with van der Waals surface area (Å²) in [6.07, 6.45) is 5.93. The van der Waals surface area contributed by atoms with Crippen LogP contribution in [0.15, 0.2) is 18.7 Å². The molecule has 112 valence electrons. The minimum absolute atomic E-state index is 0.0285. The van der Waals surface area contributed by atoms with E-state index in [1.165, 1.54) is 6.33 Å². The van der Waals surface area contributed by atoms with Crippen molar-refractivity contribution < 1.29 is 4.74 Å². The quantitative estimate of drug-likeness (QED) is 0.873. The van der Waals surface area contributed by atoms with Gasteiger partial charge >= 0.3 is 0 Å². The first-order chi connectivity index (χ1) is 10.3. The van der Waals surface area contributed by atoms with Gasteiger partial charge in [-0.1, -0.05) is 13.8 Å². The Balaban J connectivity index is 1.67. The molecule has 2 aromatic rings. The van der Waals surface area contributed by atoms with Gasteiger partial charge in [-0.25, -0.2) is 9.97 Å². The standard InChI is InChI=1S/C14H20N6O/c1-9(2)11-13(16-5-4-15-11)17-7-10-3-6-21-12(10)14-18-8-19-20-14/h4-5,8-10,12H,3,6-7H2,1-2H3,(H,16,17)(H,18,19,20)/t10-,12-/m0/s1. The predicted octanol–water partition coefficient (Wildman–Crippen LogP) is 1.91. The van der Waals surface area contributed by atoms with Crippen molar-refractivity contribution in [3.63, 3.8) is 0 Å². The van der Waals surface area contributed by atoms with Crippen molar-refractivity contribution >= 4 is 5.82 Å². The van der Waals surface area contributed by atoms with Gasteiger partial charge in [0.05, 0.1) is 5.69 Å². The van der Waals surface area contributed by atoms with Crippen molar-refractivity contribution in [1.82, 2.24) is 25.1 Å². The molecular formula is C14H20N6O. The van der Waals surface area contributed by atoms with E-state index in [2.05, 4.69) is 44.3 Å². The predicted molar refractivity (Wildman–Crippen MR) is 77.8 cm³/mol. The zero-order valence-corrected chi connectivity index (χ0v) is 12.3. The molecular weight excluding hydrogens is 268 g/mol. The maximum atomic E-state index is 5.77. The van der Waals surface area contributed by atoms with Crippen LogP contribution < -0.4 is 5.32 Å². The maximum Gasteiger partial charge on any atom is 0.153 e. The zero-order valence-electron chi connectivity index (χ0n) is 12.3. The highest BCUT2D eigenvalue weighted by molar-refractivity contribution is 5.41. The molecule has 0 radical (unpaired) electrons. The number of anilines is 1. The van der Waals surface area contributed by atoms with Gasteiger partial charge in [0.1, 0.15) is 18.2 Å². The monoisotopic (exact) mass is 288 g/mol. The van der Waals surface area contributed by atoms with Crippen LogP contribution >= 0.6 is 0 Å². The Bertz CT molecular complexity index is 571. The average molecular weight is 288 g/mol. The van der Waals surface area contributed by atoms with E-state index in [0.717, 1.165) is 36.9 Å². The number of ether oxygens (including phenoxy) is 1. The van der Waals surface area contributed by atoms with Crippen LogP contribution in [0, 0.1) is 5.92 Å². The Morgan fingerprint density at radius 1 is 1.33 bits per heavy atom. The summed E-state index contributed by atoms with van der Waals surface area (Å²) in [5.41, 5.74) is 0.993. The van der Waals surface area contributed by atoms with Gasteiger partial charge in [0, 0.05) is 31.5 Å². The fraction of sp³-hybridized carbons (Fsp3) is 0.571. The third-order valence-corrected chi connectivity index (χ3v) is 3.72. The lowest BCUT2D eigenvalue weighted by atomic mass is 10.0. The van der Waals surface area contributed by atoms with Crippen LogP contribution in [-0.4, -0.2) is 38.3 Å². The molecule has 2 N–H and O–H groups in total. The van der Waals surface area contributed by atoms with Gasteiger partial charge in [-0.15, -0.1) is 0 Å². The molecule has 1 fully saturated rings. The number of nitrogens with zero attached hydrogens (tertiary/aromatic N) is 4. The fourth-order valence-corrected chi connectivity index (χ4v) is 2.63. The second kappa shape index (κ2) is 6.17. The molecule has 0 amide bonds. The van der Waals surface area contributed by atoms with E-state index in [-0.39, 0.29) is 6.10 Å². The lowest BCUT2D eigenvalue weighted by Gasteiger charge is -2.18. The van der Waals surface area contributed by atoms with Crippen LogP contribution in [-0.2, 0) is 4.74 Å². The van der Waals surface area contributed by atoms with E-state index in [1.54, 1.807) is 12.4 Å². The minimum atomic E-state index is -0.0285. The van der Waals surface area contributed by atoms with Gasteiger partial charge in [-0.3, -0.25) is 10.1 Å². The molecule has 21 heavy (non-hydrogen) atoms. The zero-order chi connectivity index (χ0) is 14.7. The number of aromatic amines is 1. The van der Waals surface area contributed by atoms with Crippen LogP contribution in [0.2, 0.25) is 0 Å². The van der Waals surface area contributed by atoms with Crippen molar-refractivity contribution in [2.45, 2.75) is 32.3 Å². The van der Waals surface area contributed by atoms with Gasteiger partial charge in [0.25, 0.3) is 0 Å². The molecule has 0 unspecified atom stereocenters. The molecule has 7 nitrogen and oxygen atoms in total. The Labute approximate surface area is 123 Å². The molecule has 0 aromatic carbocycles. The summed E-state index contributed by atoms with van der Waals surface area (Å²) in [4.78, 5) is 13.0. The van der Waals surface area contributed by atoms with E-state index >= 15 is 0 Å². The first-order valence-electron chi connectivity index (χ1n) is 7.27. The lowest BCUT2D eigenvalue weighted by molar-refractivity contribution is 0.0864. The Hall–Kier alpha value is -2.02. The van der Waals surface area contributed by atoms with Crippen molar-refractivity contribution in [1.29, 1.82) is 0 Å². The normalized spacial score (nSPS) is 21.9. The second-order valence-electron chi connectivity index (χ2n) is 5.54. The molecule has 3 rings (SSSR count). The topological polar surface area (TPSA) is 88.6 Å². The second-order valence-corrected chi connectivity index (χ2v) is 5.54. The third-order valence-electron chi connectivity index (χ3n) is 3.72. The molecule has 0 bridgehead atoms. The summed E-state index contributed by atoms with van der Waals surface area (Å²) in [5, 5.41) is 10.2. The maximum absolute atomic E-state index is 5.77. The summed E-state index contributed by atoms with van der Waals surface area (Å²) in [7, 11) is 0. The summed E-state index contributed by atoms with van der Waals surface area (Å²) < 4.78 is 5.77. The Morgan fingerprint density at radius 3 is 2.95 bits per heavy atom. The van der Waals surface area contributed by atoms with Crippen molar-refractivity contribution in [2.75, 3.05) is 18.5 Å². The molecule has 0 saturated carbocycles. The van der Waals surface area contributed by atoms with Crippen LogP contribution in [0.3, 0.4) is 0 Å². The minimum Gasteiger partial charge on any atom is -0.370 e. The van der Waals surface area contributed by atoms with Gasteiger partial charge < -0.3 is 10.1 Å². The fourth-order valence-electron chi connectivity index (χ4n) is 2.63. The van der Waals surface area contributed by atoms with E-state index in [4.69, 9.17) is 4.74 Å². The number of aromatic nitrogens is 5. The first kappa shape index (κ1) is 13.9. The van der Waals surface area contributed by atoms with E-state index < -0.39 is 0 Å². The van der Waals surface area contributed by atoms with Gasteiger partial charge in [0.15, 0.2) is 5.82 Å². The van der Waals surface area contributed by atoms with Gasteiger partial charge in [0.2, 0.25) is 0 Å². The van der Waals surface area contributed by atoms with Crippen molar-refractivity contribution in [2.24, 2.45) is 5.92 Å². The van der Waals surface area contributed by atoms with Crippen molar-refractivity contribution in [3.05, 3.63) is 30.2 Å². The summed E-state index contributed by atoms with van der Waals surface area (Å²) in [5.74, 6) is 2.34. The number of H-pyrrole nitrogens is 1. The smallest absolute Gasteiger partial charge is 0.153 e. The summed E-state index contributed by atoms with van der Waals surface area (Å²) in [6.45, 7) is 5.76. The van der Waals surface area contributed by atoms with Crippen LogP contribution in [0.4, 0.5) is 5.82 Å². The highest BCUT2D eigenvalue weighted by Crippen LogP contribution is 2.32. The highest BCUT2D eigenvalue weighted by Gasteiger charge is 2.31. The molecule has 2 atom stereocenters. The molecule has 0 aliphatic carbocycles. The van der Waals surface area contributed by atoms with Crippen LogP contribution in [0.1, 0.15) is 43.8 Å². The molecule has 1 aliphatic rings. The third kappa shape index (κ3) is 3.02. The summed E-state index contributed by atoms with van der Waals surface area (Å²) >= 11 is 0. The Morgan fingerprint density at radius 2 is 2.19 bits per heavy atom. The SMILES string of the molecule is CC(C)c1nccnc1NC[C@@H]1CCO[C@@H]1c1ncn[nH]1. The number of rotatable bonds is 5. The highest BCUT2D eigenvalue weighted by atomic mass is 16.5. The largest absolute Gasteiger partial charge is 0.370 e. The molecule has 3 heterocycles. The molecule has 2 aromatic heterocycles. The number of nitrogens with one attached hydrogen (secondary N) is 2. The number of hydrogen-bond donors (Lipinski definition) is 2. The number of hydrogen-bond acceptors (Lipinski definition) is 6. The molecule has 7 heteroatoms. The van der Waals surface area contributed by atoms with Crippen LogP contribution in [0.5, 0.6) is 0 Å². The van der Waals surface area contributed by atoms with E-state index in [9.17, 15) is 0 Å². The summed E-state index contributed by atoms with van der Waals surface area (Å²) in [6, 6.07) is 0. The van der Waals surface area contributed by atoms with E-state index in [0.29, 0.717) is 11.8 Å². The first-order valence-corrected chi connectivity index (χ1v) is 7.27. The van der Waals surface area contributed by atoms with Gasteiger partial charge in [-0.2, -0.15) is 5.10 Å². The Kier molecular flexibility index (Phi) is 4.10. The average Bonchev–Trinajstić information content (AvgIpc) is 3.16. The van der Waals surface area contributed by atoms with Crippen LogP contribution in [0.25, 0.3) is 0 Å². The molecule has 0 spiro atoms. The van der Waals surface area contributed by atoms with Gasteiger partial charge in [-0.05, 0) is 12.3 Å².